The third-order valence-electron chi connectivity index (χ3n) is 4.72. The lowest BCUT2D eigenvalue weighted by Gasteiger charge is -2.05. The van der Waals surface area contributed by atoms with Gasteiger partial charge in [-0.1, -0.05) is 54.1 Å². The van der Waals surface area contributed by atoms with Crippen LogP contribution in [0.25, 0.3) is 10.8 Å². The summed E-state index contributed by atoms with van der Waals surface area (Å²) in [6.45, 7) is 0. The number of hydrogen-bond acceptors (Lipinski definition) is 3. The average Bonchev–Trinajstić information content (AvgIpc) is 3.10. The van der Waals surface area contributed by atoms with Crippen molar-refractivity contribution in [2.45, 2.75) is 18.6 Å². The fourth-order valence-electron chi connectivity index (χ4n) is 3.43. The molecule has 0 bridgehead atoms. The predicted molar refractivity (Wildman–Crippen MR) is 115 cm³/mol. The molecule has 0 radical (unpaired) electrons. The topological polar surface area (TPSA) is 41.5 Å². The lowest BCUT2D eigenvalue weighted by Crippen LogP contribution is -2.19. The van der Waals surface area contributed by atoms with Crippen LogP contribution in [0, 0.1) is 0 Å². The molecule has 1 amide bonds. The SMILES string of the molecule is O=C(CSCc1ccc(Cl)cc1)N/N=C\c1ccc2c3c(cccc13)CC2. The normalized spacial score (nSPS) is 12.8. The van der Waals surface area contributed by atoms with Gasteiger partial charge in [-0.15, -0.1) is 11.8 Å². The molecule has 3 aromatic carbocycles. The molecule has 0 aliphatic heterocycles. The van der Waals surface area contributed by atoms with Crippen molar-refractivity contribution < 1.29 is 4.79 Å². The largest absolute Gasteiger partial charge is 0.272 e. The maximum Gasteiger partial charge on any atom is 0.250 e. The molecule has 0 saturated heterocycles. The van der Waals surface area contributed by atoms with Crippen molar-refractivity contribution in [3.63, 3.8) is 0 Å². The number of benzene rings is 3. The molecule has 5 heteroatoms. The Morgan fingerprint density at radius 1 is 1.07 bits per heavy atom. The van der Waals surface area contributed by atoms with Crippen molar-refractivity contribution >= 4 is 46.3 Å². The molecule has 27 heavy (non-hydrogen) atoms. The predicted octanol–water partition coefficient (Wildman–Crippen LogP) is 4.98. The van der Waals surface area contributed by atoms with Crippen LogP contribution in [0.4, 0.5) is 0 Å². The van der Waals surface area contributed by atoms with E-state index in [4.69, 9.17) is 11.6 Å². The van der Waals surface area contributed by atoms with E-state index in [9.17, 15) is 4.79 Å². The number of aryl methyl sites for hydroxylation is 2. The summed E-state index contributed by atoms with van der Waals surface area (Å²) in [6.07, 6.45) is 3.95. The number of carbonyl (C=O) groups excluding carboxylic acids is 1. The summed E-state index contributed by atoms with van der Waals surface area (Å²) in [5.41, 5.74) is 7.61. The van der Waals surface area contributed by atoms with Crippen molar-refractivity contribution in [2.75, 3.05) is 5.75 Å². The van der Waals surface area contributed by atoms with Gasteiger partial charge in [0.25, 0.3) is 0 Å². The van der Waals surface area contributed by atoms with Gasteiger partial charge in [0.15, 0.2) is 0 Å². The molecule has 0 heterocycles. The first-order chi connectivity index (χ1) is 13.2. The van der Waals surface area contributed by atoms with Crippen LogP contribution in [-0.4, -0.2) is 17.9 Å². The number of thioether (sulfide) groups is 1. The molecule has 0 aromatic heterocycles. The van der Waals surface area contributed by atoms with Gasteiger partial charge in [0.2, 0.25) is 5.91 Å². The van der Waals surface area contributed by atoms with Crippen LogP contribution in [0.5, 0.6) is 0 Å². The zero-order chi connectivity index (χ0) is 18.6. The van der Waals surface area contributed by atoms with E-state index < -0.39 is 0 Å². The minimum atomic E-state index is -0.101. The molecule has 3 nitrogen and oxygen atoms in total. The zero-order valence-corrected chi connectivity index (χ0v) is 16.3. The smallest absolute Gasteiger partial charge is 0.250 e. The second-order valence-corrected chi connectivity index (χ2v) is 7.99. The number of halogens is 1. The van der Waals surface area contributed by atoms with Crippen LogP contribution in [-0.2, 0) is 23.4 Å². The van der Waals surface area contributed by atoms with Crippen LogP contribution in [0.1, 0.15) is 22.3 Å². The highest BCUT2D eigenvalue weighted by atomic mass is 35.5. The number of hydrogen-bond donors (Lipinski definition) is 1. The third-order valence-corrected chi connectivity index (χ3v) is 5.97. The van der Waals surface area contributed by atoms with Crippen molar-refractivity contribution in [1.29, 1.82) is 0 Å². The summed E-state index contributed by atoms with van der Waals surface area (Å²) < 4.78 is 0. The van der Waals surface area contributed by atoms with Gasteiger partial charge in [0.1, 0.15) is 0 Å². The molecule has 4 rings (SSSR count). The second-order valence-electron chi connectivity index (χ2n) is 6.57. The highest BCUT2D eigenvalue weighted by Crippen LogP contribution is 2.32. The Morgan fingerprint density at radius 3 is 2.67 bits per heavy atom. The Hall–Kier alpha value is -2.30. The first-order valence-electron chi connectivity index (χ1n) is 8.88. The van der Waals surface area contributed by atoms with E-state index in [2.05, 4.69) is 40.9 Å². The Kier molecular flexibility index (Phi) is 5.46. The van der Waals surface area contributed by atoms with E-state index >= 15 is 0 Å². The van der Waals surface area contributed by atoms with Crippen LogP contribution >= 0.6 is 23.4 Å². The monoisotopic (exact) mass is 394 g/mol. The van der Waals surface area contributed by atoms with Gasteiger partial charge < -0.3 is 0 Å². The molecule has 0 fully saturated rings. The Balaban J connectivity index is 1.33. The summed E-state index contributed by atoms with van der Waals surface area (Å²) in [5, 5.41) is 7.43. The minimum Gasteiger partial charge on any atom is -0.272 e. The van der Waals surface area contributed by atoms with Gasteiger partial charge in [0, 0.05) is 16.3 Å². The van der Waals surface area contributed by atoms with Crippen molar-refractivity contribution in [3.05, 3.63) is 81.9 Å². The van der Waals surface area contributed by atoms with Crippen LogP contribution in [0.2, 0.25) is 5.02 Å². The van der Waals surface area contributed by atoms with Crippen LogP contribution < -0.4 is 5.43 Å². The maximum absolute atomic E-state index is 12.0. The number of carbonyl (C=O) groups is 1. The minimum absolute atomic E-state index is 0.101. The molecule has 0 saturated carbocycles. The summed E-state index contributed by atoms with van der Waals surface area (Å²) in [4.78, 5) is 12.0. The zero-order valence-electron chi connectivity index (χ0n) is 14.7. The maximum atomic E-state index is 12.0. The van der Waals surface area contributed by atoms with E-state index in [1.165, 1.54) is 21.9 Å². The molecular formula is C22H19ClN2OS. The average molecular weight is 395 g/mol. The Morgan fingerprint density at radius 2 is 1.85 bits per heavy atom. The van der Waals surface area contributed by atoms with E-state index in [-0.39, 0.29) is 5.91 Å². The summed E-state index contributed by atoms with van der Waals surface area (Å²) in [7, 11) is 0. The molecule has 1 aliphatic carbocycles. The number of amides is 1. The lowest BCUT2D eigenvalue weighted by atomic mass is 10.0. The fraction of sp³-hybridized carbons (Fsp3) is 0.182. The van der Waals surface area contributed by atoms with Gasteiger partial charge in [-0.2, -0.15) is 5.10 Å². The highest BCUT2D eigenvalue weighted by molar-refractivity contribution is 7.99. The first kappa shape index (κ1) is 18.1. The van der Waals surface area contributed by atoms with E-state index in [0.717, 1.165) is 34.7 Å². The molecule has 1 N–H and O–H groups in total. The summed E-state index contributed by atoms with van der Waals surface area (Å²) in [6, 6.07) is 18.3. The third kappa shape index (κ3) is 4.18. The summed E-state index contributed by atoms with van der Waals surface area (Å²) >= 11 is 7.43. The van der Waals surface area contributed by atoms with Gasteiger partial charge in [0.05, 0.1) is 12.0 Å². The Labute approximate surface area is 167 Å². The second kappa shape index (κ2) is 8.15. The number of nitrogens with zero attached hydrogens (tertiary/aromatic N) is 1. The van der Waals surface area contributed by atoms with Crippen LogP contribution in [0.3, 0.4) is 0 Å². The highest BCUT2D eigenvalue weighted by Gasteiger charge is 2.14. The fourth-order valence-corrected chi connectivity index (χ4v) is 4.34. The Bertz CT molecular complexity index is 1000. The van der Waals surface area contributed by atoms with Gasteiger partial charge in [-0.05, 0) is 52.4 Å². The van der Waals surface area contributed by atoms with Crippen LogP contribution in [0.15, 0.2) is 59.7 Å². The molecule has 3 aromatic rings. The quantitative estimate of drug-likeness (QED) is 0.473. The van der Waals surface area contributed by atoms with Crippen molar-refractivity contribution in [2.24, 2.45) is 5.10 Å². The number of nitrogens with one attached hydrogen (secondary N) is 1. The lowest BCUT2D eigenvalue weighted by molar-refractivity contribution is -0.118. The van der Waals surface area contributed by atoms with Gasteiger partial charge in [-0.3, -0.25) is 4.79 Å². The summed E-state index contributed by atoms with van der Waals surface area (Å²) in [5.74, 6) is 1.03. The molecule has 0 atom stereocenters. The van der Waals surface area contributed by atoms with Gasteiger partial charge in [-0.25, -0.2) is 5.43 Å². The first-order valence-corrected chi connectivity index (χ1v) is 10.4. The van der Waals surface area contributed by atoms with E-state index in [0.29, 0.717) is 5.75 Å². The number of rotatable bonds is 6. The van der Waals surface area contributed by atoms with E-state index in [1.54, 1.807) is 18.0 Å². The van der Waals surface area contributed by atoms with E-state index in [1.807, 2.05) is 24.3 Å². The van der Waals surface area contributed by atoms with Crippen molar-refractivity contribution in [3.8, 4) is 0 Å². The molecule has 1 aliphatic rings. The molecule has 0 unspecified atom stereocenters. The standard InChI is InChI=1S/C22H19ClN2OS/c23-19-10-4-15(5-11-19)13-27-14-21(26)25-24-12-18-9-8-17-7-6-16-2-1-3-20(18)22(16)17/h1-5,8-12H,6-7,13-14H2,(H,25,26)/b24-12-. The molecular weight excluding hydrogens is 376 g/mol. The van der Waals surface area contributed by atoms with Gasteiger partial charge >= 0.3 is 0 Å². The molecule has 0 spiro atoms. The number of hydrazone groups is 1. The van der Waals surface area contributed by atoms with Crippen molar-refractivity contribution in [1.82, 2.24) is 5.43 Å². The molecule has 136 valence electrons.